The highest BCUT2D eigenvalue weighted by molar-refractivity contribution is 7.99. The number of nitrogens with two attached hydrogens (primary N) is 1. The van der Waals surface area contributed by atoms with E-state index in [1.165, 1.54) is 17.0 Å². The zero-order valence-electron chi connectivity index (χ0n) is 9.45. The summed E-state index contributed by atoms with van der Waals surface area (Å²) >= 11 is 7.89. The molecule has 1 unspecified atom stereocenters. The molecular weight excluding hydrogens is 240 g/mol. The number of fused-ring (bicyclic) bond motifs is 1. The van der Waals surface area contributed by atoms with Crippen molar-refractivity contribution < 1.29 is 0 Å². The molecule has 0 aromatic heterocycles. The molecule has 1 aromatic carbocycles. The maximum Gasteiger partial charge on any atom is 0.0505 e. The largest absolute Gasteiger partial charge is 0.370 e. The van der Waals surface area contributed by atoms with E-state index in [1.54, 1.807) is 0 Å². The van der Waals surface area contributed by atoms with Gasteiger partial charge in [-0.3, -0.25) is 0 Å². The van der Waals surface area contributed by atoms with Crippen LogP contribution in [0.5, 0.6) is 0 Å². The van der Waals surface area contributed by atoms with E-state index in [1.807, 2.05) is 17.8 Å². The Labute approximate surface area is 106 Å². The fraction of sp³-hybridized carbons (Fsp3) is 0.500. The first-order valence-corrected chi connectivity index (χ1v) is 6.94. The fourth-order valence-electron chi connectivity index (χ4n) is 2.02. The van der Waals surface area contributed by atoms with E-state index in [-0.39, 0.29) is 0 Å². The summed E-state index contributed by atoms with van der Waals surface area (Å²) in [5.41, 5.74) is 6.86. The highest BCUT2D eigenvalue weighted by Gasteiger charge is 2.23. The lowest BCUT2D eigenvalue weighted by Crippen LogP contribution is -2.36. The molecule has 0 saturated carbocycles. The normalized spacial score (nSPS) is 19.7. The van der Waals surface area contributed by atoms with Gasteiger partial charge in [-0.15, -0.1) is 11.8 Å². The molecule has 0 saturated heterocycles. The van der Waals surface area contributed by atoms with Crippen LogP contribution in [0.2, 0.25) is 5.02 Å². The van der Waals surface area contributed by atoms with Crippen LogP contribution >= 0.6 is 23.4 Å². The minimum Gasteiger partial charge on any atom is -0.370 e. The maximum atomic E-state index is 6.00. The minimum absolute atomic E-state index is 0.599. The van der Waals surface area contributed by atoms with Gasteiger partial charge in [0.15, 0.2) is 0 Å². The van der Waals surface area contributed by atoms with Crippen LogP contribution in [0, 0.1) is 0 Å². The van der Waals surface area contributed by atoms with Crippen LogP contribution in [0.25, 0.3) is 0 Å². The lowest BCUT2D eigenvalue weighted by atomic mass is 10.1. The molecular formula is C12H17ClN2S. The van der Waals surface area contributed by atoms with E-state index in [4.69, 9.17) is 17.3 Å². The standard InChI is InChI=1S/C12H17ClN2S/c1-15-10(3-2-6-14)8-16-12-7-9(13)4-5-11(12)15/h4-5,7,10H,2-3,6,8,14H2,1H3. The summed E-state index contributed by atoms with van der Waals surface area (Å²) in [6.07, 6.45) is 2.26. The van der Waals surface area contributed by atoms with Gasteiger partial charge in [0.25, 0.3) is 0 Å². The van der Waals surface area contributed by atoms with Gasteiger partial charge < -0.3 is 10.6 Å². The maximum absolute atomic E-state index is 6.00. The van der Waals surface area contributed by atoms with Gasteiger partial charge in [0.05, 0.1) is 5.69 Å². The zero-order chi connectivity index (χ0) is 11.5. The van der Waals surface area contributed by atoms with Crippen LogP contribution in [0.1, 0.15) is 12.8 Å². The second-order valence-electron chi connectivity index (χ2n) is 4.12. The minimum atomic E-state index is 0.599. The first kappa shape index (κ1) is 12.1. The van der Waals surface area contributed by atoms with Gasteiger partial charge in [-0.1, -0.05) is 11.6 Å². The molecule has 88 valence electrons. The third-order valence-corrected chi connectivity index (χ3v) is 4.45. The van der Waals surface area contributed by atoms with Gasteiger partial charge in [0.1, 0.15) is 0 Å². The molecule has 2 nitrogen and oxygen atoms in total. The molecule has 1 aliphatic rings. The summed E-state index contributed by atoms with van der Waals surface area (Å²) in [4.78, 5) is 3.65. The van der Waals surface area contributed by atoms with Crippen LogP contribution in [0.3, 0.4) is 0 Å². The number of benzene rings is 1. The van der Waals surface area contributed by atoms with Crippen molar-refractivity contribution in [3.05, 3.63) is 23.2 Å². The summed E-state index contributed by atoms with van der Waals surface area (Å²) in [5, 5.41) is 0.819. The number of hydrogen-bond donors (Lipinski definition) is 1. The second kappa shape index (κ2) is 5.30. The Morgan fingerprint density at radius 2 is 2.38 bits per heavy atom. The molecule has 0 spiro atoms. The van der Waals surface area contributed by atoms with Gasteiger partial charge in [0.2, 0.25) is 0 Å². The molecule has 16 heavy (non-hydrogen) atoms. The van der Waals surface area contributed by atoms with Crippen molar-refractivity contribution >= 4 is 29.1 Å². The van der Waals surface area contributed by atoms with Crippen molar-refractivity contribution in [1.82, 2.24) is 0 Å². The lowest BCUT2D eigenvalue weighted by Gasteiger charge is -2.35. The zero-order valence-corrected chi connectivity index (χ0v) is 11.0. The number of halogens is 1. The third kappa shape index (κ3) is 2.47. The van der Waals surface area contributed by atoms with Crippen molar-refractivity contribution in [2.45, 2.75) is 23.8 Å². The highest BCUT2D eigenvalue weighted by atomic mass is 35.5. The Balaban J connectivity index is 2.15. The molecule has 1 aromatic rings. The summed E-state index contributed by atoms with van der Waals surface area (Å²) < 4.78 is 0. The summed E-state index contributed by atoms with van der Waals surface area (Å²) in [7, 11) is 2.16. The Morgan fingerprint density at radius 1 is 1.56 bits per heavy atom. The molecule has 1 atom stereocenters. The van der Waals surface area contributed by atoms with E-state index in [0.29, 0.717) is 6.04 Å². The quantitative estimate of drug-likeness (QED) is 0.902. The van der Waals surface area contributed by atoms with Crippen LogP contribution in [-0.4, -0.2) is 25.4 Å². The molecule has 1 heterocycles. The third-order valence-electron chi connectivity index (χ3n) is 3.02. The van der Waals surface area contributed by atoms with E-state index < -0.39 is 0 Å². The number of thioether (sulfide) groups is 1. The molecule has 4 heteroatoms. The molecule has 1 aliphatic heterocycles. The fourth-order valence-corrected chi connectivity index (χ4v) is 3.59. The average Bonchev–Trinajstić information content (AvgIpc) is 2.28. The van der Waals surface area contributed by atoms with Crippen molar-refractivity contribution in [2.75, 3.05) is 24.2 Å². The van der Waals surface area contributed by atoms with Gasteiger partial charge in [-0.05, 0) is 37.6 Å². The van der Waals surface area contributed by atoms with Gasteiger partial charge in [0, 0.05) is 28.8 Å². The summed E-state index contributed by atoms with van der Waals surface area (Å²) in [6, 6.07) is 6.72. The predicted octanol–water partition coefficient (Wildman–Crippen LogP) is 2.99. The number of nitrogens with zero attached hydrogens (tertiary/aromatic N) is 1. The SMILES string of the molecule is CN1c2ccc(Cl)cc2SCC1CCCN. The molecule has 0 bridgehead atoms. The molecule has 2 rings (SSSR count). The topological polar surface area (TPSA) is 29.3 Å². The molecule has 0 aliphatic carbocycles. The van der Waals surface area contributed by atoms with Gasteiger partial charge in [-0.2, -0.15) is 0 Å². The Kier molecular flexibility index (Phi) is 4.00. The van der Waals surface area contributed by atoms with Crippen molar-refractivity contribution in [3.8, 4) is 0 Å². The van der Waals surface area contributed by atoms with E-state index in [0.717, 1.165) is 23.7 Å². The number of rotatable bonds is 3. The lowest BCUT2D eigenvalue weighted by molar-refractivity contribution is 0.599. The molecule has 0 amide bonds. The van der Waals surface area contributed by atoms with E-state index in [2.05, 4.69) is 24.1 Å². The van der Waals surface area contributed by atoms with Crippen molar-refractivity contribution in [1.29, 1.82) is 0 Å². The Morgan fingerprint density at radius 3 is 3.12 bits per heavy atom. The average molecular weight is 257 g/mol. The molecule has 0 fully saturated rings. The first-order chi connectivity index (χ1) is 7.72. The van der Waals surface area contributed by atoms with Crippen LogP contribution in [0.4, 0.5) is 5.69 Å². The van der Waals surface area contributed by atoms with Gasteiger partial charge in [-0.25, -0.2) is 0 Å². The smallest absolute Gasteiger partial charge is 0.0505 e. The van der Waals surface area contributed by atoms with Crippen molar-refractivity contribution in [2.24, 2.45) is 5.73 Å². The molecule has 2 N–H and O–H groups in total. The predicted molar refractivity (Wildman–Crippen MR) is 72.7 cm³/mol. The Hall–Kier alpha value is -0.380. The van der Waals surface area contributed by atoms with Crippen LogP contribution < -0.4 is 10.6 Å². The van der Waals surface area contributed by atoms with E-state index >= 15 is 0 Å². The Bertz CT molecular complexity index is 370. The van der Waals surface area contributed by atoms with E-state index in [9.17, 15) is 0 Å². The highest BCUT2D eigenvalue weighted by Crippen LogP contribution is 2.38. The monoisotopic (exact) mass is 256 g/mol. The second-order valence-corrected chi connectivity index (χ2v) is 5.62. The van der Waals surface area contributed by atoms with Crippen LogP contribution in [0.15, 0.2) is 23.1 Å². The van der Waals surface area contributed by atoms with Crippen LogP contribution in [-0.2, 0) is 0 Å². The van der Waals surface area contributed by atoms with Crippen molar-refractivity contribution in [3.63, 3.8) is 0 Å². The summed E-state index contributed by atoms with van der Waals surface area (Å²) in [5.74, 6) is 1.13. The molecule has 0 radical (unpaired) electrons. The van der Waals surface area contributed by atoms with Gasteiger partial charge >= 0.3 is 0 Å². The summed E-state index contributed by atoms with van der Waals surface area (Å²) in [6.45, 7) is 0.780. The number of anilines is 1. The first-order valence-electron chi connectivity index (χ1n) is 5.57. The number of hydrogen-bond acceptors (Lipinski definition) is 3.